The number of rotatable bonds is 11. The molecule has 0 aromatic heterocycles. The highest BCUT2D eigenvalue weighted by atomic mass is 16.5. The highest BCUT2D eigenvalue weighted by Gasteiger charge is 2.27. The normalized spacial score (nSPS) is 14.8. The molecule has 1 aliphatic carbocycles. The molecule has 178 valence electrons. The summed E-state index contributed by atoms with van der Waals surface area (Å²) in [6, 6.07) is 16.9. The molecule has 0 saturated heterocycles. The topological polar surface area (TPSA) is 67.9 Å². The summed E-state index contributed by atoms with van der Waals surface area (Å²) in [5, 5.41) is 3.17. The molecule has 2 aromatic carbocycles. The van der Waals surface area contributed by atoms with Gasteiger partial charge in [0.05, 0.1) is 13.7 Å². The van der Waals surface area contributed by atoms with E-state index in [1.165, 1.54) is 6.42 Å². The van der Waals surface area contributed by atoms with Crippen LogP contribution < -0.4 is 14.8 Å². The third kappa shape index (κ3) is 7.81. The van der Waals surface area contributed by atoms with Gasteiger partial charge in [0.2, 0.25) is 11.8 Å². The van der Waals surface area contributed by atoms with Crippen LogP contribution >= 0.6 is 0 Å². The first-order chi connectivity index (χ1) is 16.1. The number of carbonyl (C=O) groups excluding carboxylic acids is 2. The van der Waals surface area contributed by atoms with E-state index in [-0.39, 0.29) is 17.9 Å². The summed E-state index contributed by atoms with van der Waals surface area (Å²) in [6.45, 7) is 2.65. The third-order valence-corrected chi connectivity index (χ3v) is 6.18. The predicted octanol–water partition coefficient (Wildman–Crippen LogP) is 4.72. The summed E-state index contributed by atoms with van der Waals surface area (Å²) in [4.78, 5) is 27.9. The van der Waals surface area contributed by atoms with Crippen molar-refractivity contribution in [1.29, 1.82) is 0 Å². The van der Waals surface area contributed by atoms with Gasteiger partial charge in [-0.1, -0.05) is 49.6 Å². The zero-order chi connectivity index (χ0) is 23.5. The molecule has 0 bridgehead atoms. The highest BCUT2D eigenvalue weighted by Crippen LogP contribution is 2.19. The van der Waals surface area contributed by atoms with E-state index >= 15 is 0 Å². The van der Waals surface area contributed by atoms with Gasteiger partial charge in [0.15, 0.2) is 0 Å². The Morgan fingerprint density at radius 3 is 2.36 bits per heavy atom. The number of carbonyl (C=O) groups is 2. The van der Waals surface area contributed by atoms with Crippen LogP contribution in [0.2, 0.25) is 0 Å². The molecular formula is C27H36N2O4. The summed E-state index contributed by atoms with van der Waals surface area (Å²) < 4.78 is 11.0. The zero-order valence-corrected chi connectivity index (χ0v) is 19.8. The molecule has 0 aliphatic heterocycles. The zero-order valence-electron chi connectivity index (χ0n) is 19.8. The second kappa shape index (κ2) is 12.9. The Hall–Kier alpha value is -3.02. The number of ether oxygens (including phenoxy) is 2. The summed E-state index contributed by atoms with van der Waals surface area (Å²) in [6.07, 6.45) is 6.47. The van der Waals surface area contributed by atoms with Crippen molar-refractivity contribution >= 4 is 11.8 Å². The van der Waals surface area contributed by atoms with Gasteiger partial charge in [0, 0.05) is 19.0 Å². The maximum atomic E-state index is 13.2. The van der Waals surface area contributed by atoms with Crippen LogP contribution in [0.4, 0.5) is 0 Å². The van der Waals surface area contributed by atoms with E-state index in [1.807, 2.05) is 61.5 Å². The monoisotopic (exact) mass is 452 g/mol. The van der Waals surface area contributed by atoms with Gasteiger partial charge in [-0.25, -0.2) is 0 Å². The molecule has 0 spiro atoms. The van der Waals surface area contributed by atoms with Crippen LogP contribution in [-0.4, -0.2) is 42.5 Å². The minimum absolute atomic E-state index is 0.0474. The molecule has 6 heteroatoms. The van der Waals surface area contributed by atoms with Crippen LogP contribution in [0.25, 0.3) is 0 Å². The van der Waals surface area contributed by atoms with Gasteiger partial charge in [-0.05, 0) is 56.0 Å². The molecular weight excluding hydrogens is 416 g/mol. The Labute approximate surface area is 197 Å². The first kappa shape index (κ1) is 24.6. The Morgan fingerprint density at radius 1 is 1.00 bits per heavy atom. The lowest BCUT2D eigenvalue weighted by atomic mass is 9.95. The maximum Gasteiger partial charge on any atom is 0.242 e. The Kier molecular flexibility index (Phi) is 9.60. The molecule has 0 radical (unpaired) electrons. The minimum Gasteiger partial charge on any atom is -0.497 e. The fraction of sp³-hybridized carbons (Fsp3) is 0.481. The number of nitrogens with zero attached hydrogens (tertiary/aromatic N) is 1. The Morgan fingerprint density at radius 2 is 1.70 bits per heavy atom. The van der Waals surface area contributed by atoms with E-state index < -0.39 is 6.04 Å². The number of nitrogens with one attached hydrogen (secondary N) is 1. The van der Waals surface area contributed by atoms with E-state index in [9.17, 15) is 9.59 Å². The average molecular weight is 453 g/mol. The lowest BCUT2D eigenvalue weighted by molar-refractivity contribution is -0.141. The first-order valence-electron chi connectivity index (χ1n) is 12.0. The summed E-state index contributed by atoms with van der Waals surface area (Å²) in [5.41, 5.74) is 0.960. The van der Waals surface area contributed by atoms with Gasteiger partial charge >= 0.3 is 0 Å². The lowest BCUT2D eigenvalue weighted by Crippen LogP contribution is -2.50. The fourth-order valence-electron chi connectivity index (χ4n) is 4.15. The van der Waals surface area contributed by atoms with Crippen molar-refractivity contribution in [2.24, 2.45) is 0 Å². The van der Waals surface area contributed by atoms with E-state index in [4.69, 9.17) is 9.47 Å². The highest BCUT2D eigenvalue weighted by molar-refractivity contribution is 5.87. The number of para-hydroxylation sites is 1. The standard InChI is InChI=1S/C27H36N2O4/c1-21(27(31)28-23-10-5-3-6-11-23)29(20-22-15-17-24(32-2)18-16-22)26(30)14-9-19-33-25-12-7-4-8-13-25/h4,7-8,12-13,15-18,21,23H,3,5-6,9-11,14,19-20H2,1-2H3,(H,28,31)/t21-/m1/s1. The van der Waals surface area contributed by atoms with Gasteiger partial charge in [0.1, 0.15) is 17.5 Å². The van der Waals surface area contributed by atoms with Crippen LogP contribution in [0.15, 0.2) is 54.6 Å². The van der Waals surface area contributed by atoms with Gasteiger partial charge < -0.3 is 19.7 Å². The molecule has 1 atom stereocenters. The van der Waals surface area contributed by atoms with Crippen LogP contribution in [-0.2, 0) is 16.1 Å². The van der Waals surface area contributed by atoms with Crippen LogP contribution in [0.5, 0.6) is 11.5 Å². The van der Waals surface area contributed by atoms with E-state index in [0.717, 1.165) is 42.7 Å². The largest absolute Gasteiger partial charge is 0.497 e. The van der Waals surface area contributed by atoms with Crippen molar-refractivity contribution in [2.45, 2.75) is 70.5 Å². The second-order valence-corrected chi connectivity index (χ2v) is 8.65. The maximum absolute atomic E-state index is 13.2. The molecule has 0 heterocycles. The molecule has 6 nitrogen and oxygen atoms in total. The molecule has 1 fully saturated rings. The van der Waals surface area contributed by atoms with Gasteiger partial charge in [-0.2, -0.15) is 0 Å². The van der Waals surface area contributed by atoms with Crippen LogP contribution in [0, 0.1) is 0 Å². The average Bonchev–Trinajstić information content (AvgIpc) is 2.86. The van der Waals surface area contributed by atoms with Crippen molar-refractivity contribution in [1.82, 2.24) is 10.2 Å². The third-order valence-electron chi connectivity index (χ3n) is 6.18. The number of benzene rings is 2. The SMILES string of the molecule is COc1ccc(CN(C(=O)CCCOc2ccccc2)[C@H](C)C(=O)NC2CCCCC2)cc1. The predicted molar refractivity (Wildman–Crippen MR) is 129 cm³/mol. The molecule has 3 rings (SSSR count). The van der Waals surface area contributed by atoms with E-state index in [2.05, 4.69) is 5.32 Å². The van der Waals surface area contributed by atoms with Crippen molar-refractivity contribution < 1.29 is 19.1 Å². The molecule has 33 heavy (non-hydrogen) atoms. The van der Waals surface area contributed by atoms with Gasteiger partial charge in [-0.15, -0.1) is 0 Å². The van der Waals surface area contributed by atoms with Crippen molar-refractivity contribution in [2.75, 3.05) is 13.7 Å². The smallest absolute Gasteiger partial charge is 0.242 e. The van der Waals surface area contributed by atoms with Crippen molar-refractivity contribution in [3.8, 4) is 11.5 Å². The fourth-order valence-corrected chi connectivity index (χ4v) is 4.15. The Balaban J connectivity index is 1.61. The minimum atomic E-state index is -0.545. The number of amides is 2. The molecule has 2 aromatic rings. The molecule has 1 saturated carbocycles. The molecule has 1 aliphatic rings. The number of hydrogen-bond donors (Lipinski definition) is 1. The van der Waals surface area contributed by atoms with Crippen molar-refractivity contribution in [3.63, 3.8) is 0 Å². The van der Waals surface area contributed by atoms with Gasteiger partial charge in [0.25, 0.3) is 0 Å². The van der Waals surface area contributed by atoms with Gasteiger partial charge in [-0.3, -0.25) is 9.59 Å². The Bertz CT molecular complexity index is 863. The number of methoxy groups -OCH3 is 1. The summed E-state index contributed by atoms with van der Waals surface area (Å²) in [7, 11) is 1.63. The first-order valence-corrected chi connectivity index (χ1v) is 12.0. The van der Waals surface area contributed by atoms with E-state index in [0.29, 0.717) is 26.0 Å². The molecule has 0 unspecified atom stereocenters. The van der Waals surface area contributed by atoms with E-state index in [1.54, 1.807) is 12.0 Å². The molecule has 2 amide bonds. The summed E-state index contributed by atoms with van der Waals surface area (Å²) in [5.74, 6) is 1.43. The number of hydrogen-bond acceptors (Lipinski definition) is 4. The quantitative estimate of drug-likeness (QED) is 0.501. The van der Waals surface area contributed by atoms with Crippen LogP contribution in [0.3, 0.4) is 0 Å². The van der Waals surface area contributed by atoms with Crippen molar-refractivity contribution in [3.05, 3.63) is 60.2 Å². The lowest BCUT2D eigenvalue weighted by Gasteiger charge is -2.31. The van der Waals surface area contributed by atoms with Crippen LogP contribution in [0.1, 0.15) is 57.4 Å². The molecule has 1 N–H and O–H groups in total. The summed E-state index contributed by atoms with van der Waals surface area (Å²) >= 11 is 0. The second-order valence-electron chi connectivity index (χ2n) is 8.65.